The van der Waals surface area contributed by atoms with Gasteiger partial charge in [-0.3, -0.25) is 0 Å². The fourth-order valence-corrected chi connectivity index (χ4v) is 9.49. The average Bonchev–Trinajstić information content (AvgIpc) is 3.58. The molecule has 9 rings (SSSR count). The van der Waals surface area contributed by atoms with Gasteiger partial charge < -0.3 is 9.80 Å². The van der Waals surface area contributed by atoms with Gasteiger partial charge in [-0.1, -0.05) is 63.1 Å². The van der Waals surface area contributed by atoms with Crippen molar-refractivity contribution in [2.45, 2.75) is 66.2 Å². The minimum Gasteiger partial charge on any atom is -0.310 e. The van der Waals surface area contributed by atoms with Crippen LogP contribution in [0.5, 0.6) is 0 Å². The van der Waals surface area contributed by atoms with Crippen LogP contribution in [-0.4, -0.2) is 0 Å². The molecule has 0 atom stereocenters. The van der Waals surface area contributed by atoms with Crippen LogP contribution >= 0.6 is 0 Å². The molecule has 7 aromatic carbocycles. The standard InChI is InChI=1S/C54H46N4/c1-33-9-17-39(18-10-33)57(41-21-13-37(31-55)14-22-41)43-25-35(3)51-45-29-48-46(30-47(45)53(5,6)49(51)27-43)52-36(4)26-44(28-50(52)54(48,7)8)58(40-19-11-34(2)12-20-40)42-23-15-38(32-56)16-24-42/h9-30H,1-8H3. The second-order valence-electron chi connectivity index (χ2n) is 17.2. The monoisotopic (exact) mass is 750 g/mol. The van der Waals surface area contributed by atoms with Gasteiger partial charge in [-0.05, 0) is 193 Å². The van der Waals surface area contributed by atoms with E-state index in [9.17, 15) is 10.5 Å². The SMILES string of the molecule is Cc1ccc(N(c2ccc(C#N)cc2)c2cc(C)c3c(c2)C(C)(C)c2cc4c(cc2-3)C(C)(C)c2cc(N(c3ccc(C)cc3)c3ccc(C#N)cc3)cc(C)c2-4)cc1. The molecule has 0 N–H and O–H groups in total. The second kappa shape index (κ2) is 13.4. The minimum absolute atomic E-state index is 0.247. The van der Waals surface area contributed by atoms with Crippen molar-refractivity contribution in [1.82, 2.24) is 0 Å². The summed E-state index contributed by atoms with van der Waals surface area (Å²) in [5.41, 5.74) is 22.8. The molecule has 0 bridgehead atoms. The predicted octanol–water partition coefficient (Wildman–Crippen LogP) is 14.2. The van der Waals surface area contributed by atoms with Gasteiger partial charge in [0.25, 0.3) is 0 Å². The van der Waals surface area contributed by atoms with Crippen molar-refractivity contribution in [2.75, 3.05) is 9.80 Å². The smallest absolute Gasteiger partial charge is 0.0991 e. The van der Waals surface area contributed by atoms with Crippen LogP contribution in [-0.2, 0) is 10.8 Å². The van der Waals surface area contributed by atoms with Crippen molar-refractivity contribution >= 4 is 34.1 Å². The maximum absolute atomic E-state index is 9.55. The molecule has 0 spiro atoms. The summed E-state index contributed by atoms with van der Waals surface area (Å²) in [4.78, 5) is 4.62. The van der Waals surface area contributed by atoms with Crippen molar-refractivity contribution in [1.29, 1.82) is 10.5 Å². The molecule has 0 unspecified atom stereocenters. The Morgan fingerprint density at radius 1 is 0.379 bits per heavy atom. The number of fused-ring (bicyclic) bond motifs is 6. The normalized spacial score (nSPS) is 13.8. The highest BCUT2D eigenvalue weighted by Gasteiger charge is 2.43. The summed E-state index contributed by atoms with van der Waals surface area (Å²) in [6.45, 7) is 18.2. The average molecular weight is 751 g/mol. The van der Waals surface area contributed by atoms with E-state index in [1.54, 1.807) is 0 Å². The molecule has 4 heteroatoms. The Bertz CT molecular complexity index is 2660. The van der Waals surface area contributed by atoms with Crippen LogP contribution in [0.2, 0.25) is 0 Å². The lowest BCUT2D eigenvalue weighted by molar-refractivity contribution is 0.652. The third-order valence-corrected chi connectivity index (χ3v) is 12.6. The fraction of sp³-hybridized carbons (Fsp3) is 0.185. The Morgan fingerprint density at radius 2 is 0.690 bits per heavy atom. The summed E-state index contributed by atoms with van der Waals surface area (Å²) in [6, 6.07) is 52.1. The Labute approximate surface area is 342 Å². The number of hydrogen-bond donors (Lipinski definition) is 0. The topological polar surface area (TPSA) is 54.1 Å². The summed E-state index contributed by atoms with van der Waals surface area (Å²) >= 11 is 0. The van der Waals surface area contributed by atoms with Crippen LogP contribution in [0.25, 0.3) is 22.3 Å². The Morgan fingerprint density at radius 3 is 1.00 bits per heavy atom. The zero-order valence-electron chi connectivity index (χ0n) is 34.5. The van der Waals surface area contributed by atoms with Crippen LogP contribution in [0.1, 0.15) is 83.3 Å². The Balaban J connectivity index is 1.17. The zero-order chi connectivity index (χ0) is 40.7. The lowest BCUT2D eigenvalue weighted by atomic mass is 9.79. The number of benzene rings is 7. The number of anilines is 6. The maximum Gasteiger partial charge on any atom is 0.0991 e. The van der Waals surface area contributed by atoms with Crippen molar-refractivity contribution in [3.8, 4) is 34.4 Å². The van der Waals surface area contributed by atoms with E-state index < -0.39 is 0 Å². The molecule has 58 heavy (non-hydrogen) atoms. The molecule has 7 aromatic rings. The van der Waals surface area contributed by atoms with Crippen LogP contribution in [0.3, 0.4) is 0 Å². The highest BCUT2D eigenvalue weighted by atomic mass is 15.1. The molecule has 2 aliphatic carbocycles. The Kier molecular flexibility index (Phi) is 8.47. The summed E-state index contributed by atoms with van der Waals surface area (Å²) in [7, 11) is 0. The molecular weight excluding hydrogens is 705 g/mol. The van der Waals surface area contributed by atoms with E-state index in [1.165, 1.54) is 66.8 Å². The van der Waals surface area contributed by atoms with Crippen LogP contribution in [0.4, 0.5) is 34.1 Å². The fourth-order valence-electron chi connectivity index (χ4n) is 9.49. The molecule has 0 amide bonds. The lowest BCUT2D eigenvalue weighted by Gasteiger charge is -2.29. The first-order chi connectivity index (χ1) is 27.8. The first-order valence-electron chi connectivity index (χ1n) is 20.0. The van der Waals surface area contributed by atoms with E-state index in [4.69, 9.17) is 0 Å². The predicted molar refractivity (Wildman–Crippen MR) is 239 cm³/mol. The Hall–Kier alpha value is -6.88. The summed E-state index contributed by atoms with van der Waals surface area (Å²) in [5, 5.41) is 19.1. The molecule has 282 valence electrons. The summed E-state index contributed by atoms with van der Waals surface area (Å²) < 4.78 is 0. The van der Waals surface area contributed by atoms with Gasteiger partial charge in [0.05, 0.1) is 23.3 Å². The molecule has 0 saturated carbocycles. The molecule has 0 saturated heterocycles. The van der Waals surface area contributed by atoms with Crippen molar-refractivity contribution in [2.24, 2.45) is 0 Å². The van der Waals surface area contributed by atoms with Crippen LogP contribution < -0.4 is 9.80 Å². The van der Waals surface area contributed by atoms with Gasteiger partial charge in [-0.25, -0.2) is 0 Å². The maximum atomic E-state index is 9.55. The van der Waals surface area contributed by atoms with E-state index in [0.717, 1.165) is 34.1 Å². The van der Waals surface area contributed by atoms with E-state index in [2.05, 4.69) is 162 Å². The second-order valence-corrected chi connectivity index (χ2v) is 17.2. The number of nitriles is 2. The minimum atomic E-state index is -0.247. The van der Waals surface area contributed by atoms with Gasteiger partial charge >= 0.3 is 0 Å². The van der Waals surface area contributed by atoms with E-state index in [1.807, 2.05) is 48.5 Å². The molecule has 4 nitrogen and oxygen atoms in total. The molecule has 0 radical (unpaired) electrons. The molecule has 2 aliphatic rings. The lowest BCUT2D eigenvalue weighted by Crippen LogP contribution is -2.18. The van der Waals surface area contributed by atoms with E-state index in [0.29, 0.717) is 11.1 Å². The van der Waals surface area contributed by atoms with Gasteiger partial charge in [-0.2, -0.15) is 10.5 Å². The van der Waals surface area contributed by atoms with Gasteiger partial charge in [0.15, 0.2) is 0 Å². The first-order valence-corrected chi connectivity index (χ1v) is 20.0. The zero-order valence-corrected chi connectivity index (χ0v) is 34.5. The largest absolute Gasteiger partial charge is 0.310 e. The van der Waals surface area contributed by atoms with Crippen LogP contribution in [0, 0.1) is 50.4 Å². The van der Waals surface area contributed by atoms with Gasteiger partial charge in [0, 0.05) is 45.0 Å². The number of nitrogens with zero attached hydrogens (tertiary/aromatic N) is 4. The van der Waals surface area contributed by atoms with Gasteiger partial charge in [-0.15, -0.1) is 0 Å². The van der Waals surface area contributed by atoms with Crippen molar-refractivity contribution in [3.05, 3.63) is 189 Å². The van der Waals surface area contributed by atoms with Crippen molar-refractivity contribution in [3.63, 3.8) is 0 Å². The molecule has 0 fully saturated rings. The third kappa shape index (κ3) is 5.71. The van der Waals surface area contributed by atoms with Gasteiger partial charge in [0.1, 0.15) is 0 Å². The molecule has 0 aliphatic heterocycles. The van der Waals surface area contributed by atoms with Crippen LogP contribution in [0.15, 0.2) is 133 Å². The number of aryl methyl sites for hydroxylation is 4. The molecule has 0 aromatic heterocycles. The number of hydrogen-bond acceptors (Lipinski definition) is 4. The van der Waals surface area contributed by atoms with E-state index in [-0.39, 0.29) is 10.8 Å². The quantitative estimate of drug-likeness (QED) is 0.170. The highest BCUT2D eigenvalue weighted by molar-refractivity contribution is 5.94. The highest BCUT2D eigenvalue weighted by Crippen LogP contribution is 2.59. The van der Waals surface area contributed by atoms with E-state index >= 15 is 0 Å². The first kappa shape index (κ1) is 36.7. The number of rotatable bonds is 6. The molecular formula is C54H46N4. The summed E-state index contributed by atoms with van der Waals surface area (Å²) in [6.07, 6.45) is 0. The van der Waals surface area contributed by atoms with Gasteiger partial charge in [0.2, 0.25) is 0 Å². The molecule has 0 heterocycles. The van der Waals surface area contributed by atoms with Crippen molar-refractivity contribution < 1.29 is 0 Å². The third-order valence-electron chi connectivity index (χ3n) is 12.6. The summed E-state index contributed by atoms with van der Waals surface area (Å²) in [5.74, 6) is 0.